The zero-order chi connectivity index (χ0) is 19.8. The molecule has 0 radical (unpaired) electrons. The number of carboxylic acid groups (broad SMARTS) is 1. The van der Waals surface area contributed by atoms with E-state index in [2.05, 4.69) is 58.4 Å². The normalized spacial score (nSPS) is 18.3. The Labute approximate surface area is 169 Å². The third kappa shape index (κ3) is 3.15. The van der Waals surface area contributed by atoms with Crippen molar-refractivity contribution in [3.63, 3.8) is 0 Å². The van der Waals surface area contributed by atoms with Gasteiger partial charge in [-0.05, 0) is 52.3 Å². The van der Waals surface area contributed by atoms with Crippen LogP contribution in [-0.2, 0) is 4.79 Å². The monoisotopic (exact) mass is 382 g/mol. The summed E-state index contributed by atoms with van der Waals surface area (Å²) in [5.41, 5.74) is 2.28. The Balaban J connectivity index is 1.73. The number of aliphatic carboxylic acids is 1. The van der Waals surface area contributed by atoms with E-state index in [0.29, 0.717) is 6.42 Å². The van der Waals surface area contributed by atoms with Crippen LogP contribution in [0.3, 0.4) is 0 Å². The first kappa shape index (κ1) is 17.8. The van der Waals surface area contributed by atoms with Gasteiger partial charge in [0.05, 0.1) is 6.04 Å². The van der Waals surface area contributed by atoms with Crippen LogP contribution in [0.2, 0.25) is 0 Å². The summed E-state index contributed by atoms with van der Waals surface area (Å²) in [6.07, 6.45) is 5.25. The van der Waals surface area contributed by atoms with E-state index in [-0.39, 0.29) is 6.04 Å². The van der Waals surface area contributed by atoms with Crippen molar-refractivity contribution >= 4 is 27.5 Å². The summed E-state index contributed by atoms with van der Waals surface area (Å²) in [6, 6.07) is 22.5. The van der Waals surface area contributed by atoms with Gasteiger partial charge in [-0.25, -0.2) is 0 Å². The van der Waals surface area contributed by atoms with E-state index in [1.807, 2.05) is 24.4 Å². The number of fused-ring (bicyclic) bond motifs is 2. The highest BCUT2D eigenvalue weighted by atomic mass is 16.4. The predicted octanol–water partition coefficient (Wildman–Crippen LogP) is 5.03. The van der Waals surface area contributed by atoms with E-state index in [1.165, 1.54) is 10.8 Å². The van der Waals surface area contributed by atoms with Gasteiger partial charge in [0.2, 0.25) is 0 Å². The van der Waals surface area contributed by atoms with Gasteiger partial charge in [0.15, 0.2) is 0 Å². The van der Waals surface area contributed by atoms with Crippen molar-refractivity contribution in [2.75, 3.05) is 6.54 Å². The summed E-state index contributed by atoms with van der Waals surface area (Å²) in [6.45, 7) is 0.777. The number of hydrogen-bond acceptors (Lipinski definition) is 3. The fraction of sp³-hybridized carbons (Fsp3) is 0.200. The van der Waals surface area contributed by atoms with Crippen LogP contribution in [0.5, 0.6) is 0 Å². The number of hydrogen-bond donors (Lipinski definition) is 1. The minimum atomic E-state index is -0.738. The maximum atomic E-state index is 12.0. The molecule has 4 aromatic rings. The topological polar surface area (TPSA) is 53.4 Å². The highest BCUT2D eigenvalue weighted by Crippen LogP contribution is 2.38. The van der Waals surface area contributed by atoms with Crippen LogP contribution in [0.25, 0.3) is 21.5 Å². The molecule has 4 nitrogen and oxygen atoms in total. The maximum Gasteiger partial charge on any atom is 0.320 e. The van der Waals surface area contributed by atoms with Gasteiger partial charge in [0.1, 0.15) is 6.04 Å². The lowest BCUT2D eigenvalue weighted by Gasteiger charge is -2.33. The Morgan fingerprint density at radius 1 is 1.00 bits per heavy atom. The van der Waals surface area contributed by atoms with Gasteiger partial charge in [-0.2, -0.15) is 0 Å². The number of rotatable bonds is 4. The molecule has 1 fully saturated rings. The molecule has 0 spiro atoms. The van der Waals surface area contributed by atoms with Crippen LogP contribution in [-0.4, -0.2) is 33.5 Å². The van der Waals surface area contributed by atoms with Gasteiger partial charge in [0.25, 0.3) is 0 Å². The molecule has 1 aliphatic rings. The lowest BCUT2D eigenvalue weighted by Crippen LogP contribution is -2.39. The van der Waals surface area contributed by atoms with E-state index in [4.69, 9.17) is 0 Å². The van der Waals surface area contributed by atoms with E-state index in [9.17, 15) is 9.90 Å². The molecule has 0 amide bonds. The molecule has 3 aromatic carbocycles. The SMILES string of the molecule is O=C(O)C1CCCN1C(c1ccc2cnccc2c1)c1cccc2ccccc12. The molecule has 5 rings (SSSR count). The molecule has 0 saturated carbocycles. The van der Waals surface area contributed by atoms with Gasteiger partial charge >= 0.3 is 5.97 Å². The summed E-state index contributed by atoms with van der Waals surface area (Å²) < 4.78 is 0. The third-order valence-electron chi connectivity index (χ3n) is 6.01. The van der Waals surface area contributed by atoms with Crippen molar-refractivity contribution in [1.29, 1.82) is 0 Å². The Bertz CT molecular complexity index is 1200. The Kier molecular flexibility index (Phi) is 4.49. The second-order valence-corrected chi connectivity index (χ2v) is 7.69. The van der Waals surface area contributed by atoms with Crippen molar-refractivity contribution in [2.45, 2.75) is 24.9 Å². The van der Waals surface area contributed by atoms with Crippen LogP contribution in [0.1, 0.15) is 30.0 Å². The van der Waals surface area contributed by atoms with Crippen molar-refractivity contribution in [2.24, 2.45) is 0 Å². The zero-order valence-electron chi connectivity index (χ0n) is 16.0. The lowest BCUT2D eigenvalue weighted by molar-refractivity contribution is -0.142. The highest BCUT2D eigenvalue weighted by molar-refractivity contribution is 5.87. The number of nitrogens with zero attached hydrogens (tertiary/aromatic N) is 2. The van der Waals surface area contributed by atoms with E-state index < -0.39 is 12.0 Å². The number of likely N-dealkylation sites (tertiary alicyclic amines) is 1. The molecule has 144 valence electrons. The van der Waals surface area contributed by atoms with Crippen molar-refractivity contribution in [3.8, 4) is 0 Å². The average Bonchev–Trinajstić information content (AvgIpc) is 3.24. The predicted molar refractivity (Wildman–Crippen MR) is 115 cm³/mol. The second-order valence-electron chi connectivity index (χ2n) is 7.69. The Hall–Kier alpha value is -3.24. The van der Waals surface area contributed by atoms with Crippen molar-refractivity contribution in [1.82, 2.24) is 9.88 Å². The number of carbonyl (C=O) groups is 1. The molecule has 0 aliphatic carbocycles. The van der Waals surface area contributed by atoms with Crippen LogP contribution in [0, 0.1) is 0 Å². The summed E-state index contributed by atoms with van der Waals surface area (Å²) in [4.78, 5) is 18.4. The summed E-state index contributed by atoms with van der Waals surface area (Å²) in [5, 5.41) is 14.4. The van der Waals surface area contributed by atoms with Crippen LogP contribution < -0.4 is 0 Å². The maximum absolute atomic E-state index is 12.0. The second kappa shape index (κ2) is 7.30. The van der Waals surface area contributed by atoms with Gasteiger partial charge in [0, 0.05) is 24.3 Å². The number of aromatic nitrogens is 1. The summed E-state index contributed by atoms with van der Waals surface area (Å²) in [7, 11) is 0. The fourth-order valence-electron chi connectivity index (χ4n) is 4.67. The third-order valence-corrected chi connectivity index (χ3v) is 6.01. The minimum absolute atomic E-state index is 0.109. The first-order valence-electron chi connectivity index (χ1n) is 10.0. The standard InChI is InChI=1S/C25H22N2O2/c28-25(29)23-9-4-14-27(23)24(19-10-11-20-16-26-13-12-18(20)15-19)22-8-3-6-17-5-1-2-7-21(17)22/h1-3,5-8,10-13,15-16,23-24H,4,9,14H2,(H,28,29). The molecule has 29 heavy (non-hydrogen) atoms. The molecule has 2 heterocycles. The number of carboxylic acids is 1. The Morgan fingerprint density at radius 2 is 1.86 bits per heavy atom. The van der Waals surface area contributed by atoms with Crippen molar-refractivity contribution < 1.29 is 9.90 Å². The number of pyridine rings is 1. The van der Waals surface area contributed by atoms with Crippen LogP contribution >= 0.6 is 0 Å². The quantitative estimate of drug-likeness (QED) is 0.538. The fourth-order valence-corrected chi connectivity index (χ4v) is 4.67. The first-order valence-corrected chi connectivity index (χ1v) is 10.0. The van der Waals surface area contributed by atoms with Gasteiger partial charge in [-0.3, -0.25) is 14.7 Å². The smallest absolute Gasteiger partial charge is 0.320 e. The molecule has 4 heteroatoms. The summed E-state index contributed by atoms with van der Waals surface area (Å²) >= 11 is 0. The van der Waals surface area contributed by atoms with E-state index in [1.54, 1.807) is 6.20 Å². The van der Waals surface area contributed by atoms with Crippen molar-refractivity contribution in [3.05, 3.63) is 90.3 Å². The lowest BCUT2D eigenvalue weighted by atomic mass is 9.91. The minimum Gasteiger partial charge on any atom is -0.480 e. The number of benzene rings is 3. The molecule has 2 atom stereocenters. The molecular formula is C25H22N2O2. The molecule has 1 saturated heterocycles. The Morgan fingerprint density at radius 3 is 2.76 bits per heavy atom. The van der Waals surface area contributed by atoms with Gasteiger partial charge in [-0.1, -0.05) is 54.6 Å². The van der Waals surface area contributed by atoms with Gasteiger partial charge in [-0.15, -0.1) is 0 Å². The molecular weight excluding hydrogens is 360 g/mol. The molecule has 0 bridgehead atoms. The average molecular weight is 382 g/mol. The van der Waals surface area contributed by atoms with E-state index in [0.717, 1.165) is 34.9 Å². The van der Waals surface area contributed by atoms with E-state index >= 15 is 0 Å². The first-order chi connectivity index (χ1) is 14.2. The largest absolute Gasteiger partial charge is 0.480 e. The zero-order valence-corrected chi connectivity index (χ0v) is 16.0. The molecule has 1 N–H and O–H groups in total. The molecule has 1 aliphatic heterocycles. The van der Waals surface area contributed by atoms with Crippen LogP contribution in [0.15, 0.2) is 79.1 Å². The van der Waals surface area contributed by atoms with Crippen LogP contribution in [0.4, 0.5) is 0 Å². The molecule has 1 aromatic heterocycles. The molecule has 2 unspecified atom stereocenters. The summed E-state index contributed by atoms with van der Waals surface area (Å²) in [5.74, 6) is -0.738. The highest BCUT2D eigenvalue weighted by Gasteiger charge is 2.37. The van der Waals surface area contributed by atoms with Gasteiger partial charge < -0.3 is 5.11 Å².